The monoisotopic (exact) mass is 462 g/mol. The van der Waals surface area contributed by atoms with Crippen molar-refractivity contribution in [1.29, 1.82) is 0 Å². The summed E-state index contributed by atoms with van der Waals surface area (Å²) in [6, 6.07) is 5.00. The number of nitrogens with one attached hydrogen (secondary N) is 1. The molecule has 3 aromatic rings. The minimum atomic E-state index is -0.324. The number of halogens is 1. The van der Waals surface area contributed by atoms with Crippen LogP contribution in [0.5, 0.6) is 5.75 Å². The average molecular weight is 463 g/mol. The standard InChI is InChI=1S/C22H27ClN4O3S/c1-6-26(7-2)11-18-25-21-20(13(3)14(4)31-21)22(29)27(18)12-19(28)24-15-8-9-17(30-5)16(23)10-15/h8-10H,6-7,11-12H2,1-5H3,(H,24,28). The third-order valence-electron chi connectivity index (χ3n) is 5.36. The Bertz CT molecular complexity index is 1170. The molecular weight excluding hydrogens is 436 g/mol. The van der Waals surface area contributed by atoms with Crippen LogP contribution < -0.4 is 15.6 Å². The van der Waals surface area contributed by atoms with Gasteiger partial charge in [-0.15, -0.1) is 11.3 Å². The van der Waals surface area contributed by atoms with Crippen LogP contribution in [0, 0.1) is 13.8 Å². The van der Waals surface area contributed by atoms with Gasteiger partial charge < -0.3 is 10.1 Å². The smallest absolute Gasteiger partial charge is 0.263 e. The molecule has 0 saturated heterocycles. The third kappa shape index (κ3) is 4.92. The molecule has 166 valence electrons. The predicted octanol–water partition coefficient (Wildman–Crippen LogP) is 4.22. The van der Waals surface area contributed by atoms with Crippen LogP contribution in [0.2, 0.25) is 5.02 Å². The van der Waals surface area contributed by atoms with Crippen LogP contribution >= 0.6 is 22.9 Å². The first-order valence-electron chi connectivity index (χ1n) is 10.1. The fourth-order valence-electron chi connectivity index (χ4n) is 3.39. The number of aryl methyl sites for hydroxylation is 2. The second-order valence-electron chi connectivity index (χ2n) is 7.24. The quantitative estimate of drug-likeness (QED) is 0.542. The average Bonchev–Trinajstić information content (AvgIpc) is 3.02. The zero-order chi connectivity index (χ0) is 22.7. The summed E-state index contributed by atoms with van der Waals surface area (Å²) in [5.41, 5.74) is 1.27. The van der Waals surface area contributed by atoms with Gasteiger partial charge in [0.1, 0.15) is 22.9 Å². The molecule has 0 unspecified atom stereocenters. The van der Waals surface area contributed by atoms with Crippen molar-refractivity contribution in [2.24, 2.45) is 0 Å². The number of hydrogen-bond acceptors (Lipinski definition) is 6. The highest BCUT2D eigenvalue weighted by atomic mass is 35.5. The second-order valence-corrected chi connectivity index (χ2v) is 8.85. The SMILES string of the molecule is CCN(CC)Cc1nc2sc(C)c(C)c2c(=O)n1CC(=O)Nc1ccc(OC)c(Cl)c1. The molecule has 9 heteroatoms. The third-order valence-corrected chi connectivity index (χ3v) is 6.76. The van der Waals surface area contributed by atoms with E-state index in [4.69, 9.17) is 21.3 Å². The molecule has 7 nitrogen and oxygen atoms in total. The summed E-state index contributed by atoms with van der Waals surface area (Å²) in [6.07, 6.45) is 0. The van der Waals surface area contributed by atoms with E-state index in [1.165, 1.54) is 23.0 Å². The summed E-state index contributed by atoms with van der Waals surface area (Å²) in [5.74, 6) is 0.788. The number of amides is 1. The van der Waals surface area contributed by atoms with Gasteiger partial charge in [-0.2, -0.15) is 0 Å². The van der Waals surface area contributed by atoms with E-state index in [2.05, 4.69) is 24.1 Å². The van der Waals surface area contributed by atoms with Crippen LogP contribution in [0.15, 0.2) is 23.0 Å². The maximum Gasteiger partial charge on any atom is 0.263 e. The molecule has 1 amide bonds. The Hall–Kier alpha value is -2.42. The van der Waals surface area contributed by atoms with Crippen molar-refractivity contribution in [3.8, 4) is 5.75 Å². The number of nitrogens with zero attached hydrogens (tertiary/aromatic N) is 3. The zero-order valence-corrected chi connectivity index (χ0v) is 20.0. The first-order valence-corrected chi connectivity index (χ1v) is 11.3. The Morgan fingerprint density at radius 1 is 1.29 bits per heavy atom. The number of carbonyl (C=O) groups is 1. The van der Waals surface area contributed by atoms with Crippen LogP contribution in [0.4, 0.5) is 5.69 Å². The number of ether oxygens (including phenoxy) is 1. The molecule has 0 spiro atoms. The van der Waals surface area contributed by atoms with E-state index in [1.54, 1.807) is 18.2 Å². The molecule has 0 saturated carbocycles. The van der Waals surface area contributed by atoms with Gasteiger partial charge in [0.25, 0.3) is 5.56 Å². The Morgan fingerprint density at radius 2 is 2.00 bits per heavy atom. The van der Waals surface area contributed by atoms with Gasteiger partial charge in [-0.25, -0.2) is 4.98 Å². The Kier molecular flexibility index (Phi) is 7.35. The van der Waals surface area contributed by atoms with Gasteiger partial charge in [0.05, 0.1) is 24.1 Å². The van der Waals surface area contributed by atoms with E-state index >= 15 is 0 Å². The largest absolute Gasteiger partial charge is 0.495 e. The van der Waals surface area contributed by atoms with Gasteiger partial charge >= 0.3 is 0 Å². The summed E-state index contributed by atoms with van der Waals surface area (Å²) in [5, 5.41) is 3.79. The van der Waals surface area contributed by atoms with Crippen LogP contribution in [-0.2, 0) is 17.9 Å². The van der Waals surface area contributed by atoms with E-state index < -0.39 is 0 Å². The summed E-state index contributed by atoms with van der Waals surface area (Å²) in [7, 11) is 1.53. The summed E-state index contributed by atoms with van der Waals surface area (Å²) < 4.78 is 6.63. The van der Waals surface area contributed by atoms with Gasteiger partial charge in [0, 0.05) is 10.6 Å². The number of methoxy groups -OCH3 is 1. The molecule has 0 fully saturated rings. The van der Waals surface area contributed by atoms with Crippen molar-refractivity contribution in [2.45, 2.75) is 40.8 Å². The lowest BCUT2D eigenvalue weighted by Gasteiger charge is -2.20. The van der Waals surface area contributed by atoms with Crippen molar-refractivity contribution in [3.05, 3.63) is 49.8 Å². The van der Waals surface area contributed by atoms with E-state index in [-0.39, 0.29) is 18.0 Å². The molecule has 1 N–H and O–H groups in total. The topological polar surface area (TPSA) is 76.5 Å². The van der Waals surface area contributed by atoms with Crippen molar-refractivity contribution >= 4 is 44.7 Å². The van der Waals surface area contributed by atoms with Gasteiger partial charge in [0.15, 0.2) is 0 Å². The fourth-order valence-corrected chi connectivity index (χ4v) is 4.68. The molecule has 3 rings (SSSR count). The molecule has 0 atom stereocenters. The Balaban J connectivity index is 1.97. The van der Waals surface area contributed by atoms with Crippen LogP contribution in [0.3, 0.4) is 0 Å². The minimum absolute atomic E-state index is 0.129. The lowest BCUT2D eigenvalue weighted by molar-refractivity contribution is -0.116. The molecule has 31 heavy (non-hydrogen) atoms. The first-order chi connectivity index (χ1) is 14.8. The number of thiophene rings is 1. The number of carbonyl (C=O) groups excluding carboxylic acids is 1. The van der Waals surface area contributed by atoms with E-state index in [0.29, 0.717) is 34.2 Å². The highest BCUT2D eigenvalue weighted by Gasteiger charge is 2.19. The molecule has 0 bridgehead atoms. The lowest BCUT2D eigenvalue weighted by atomic mass is 10.2. The number of fused-ring (bicyclic) bond motifs is 1. The molecule has 0 aliphatic heterocycles. The van der Waals surface area contributed by atoms with Gasteiger partial charge in [-0.3, -0.25) is 19.1 Å². The summed E-state index contributed by atoms with van der Waals surface area (Å²) in [4.78, 5) is 34.9. The highest BCUT2D eigenvalue weighted by Crippen LogP contribution is 2.28. The molecule has 2 aromatic heterocycles. The molecule has 0 aliphatic rings. The summed E-state index contributed by atoms with van der Waals surface area (Å²) >= 11 is 7.67. The molecule has 1 aromatic carbocycles. The van der Waals surface area contributed by atoms with E-state index in [0.717, 1.165) is 28.4 Å². The number of rotatable bonds is 8. The second kappa shape index (κ2) is 9.80. The maximum absolute atomic E-state index is 13.4. The first kappa shape index (κ1) is 23.2. The van der Waals surface area contributed by atoms with Crippen molar-refractivity contribution < 1.29 is 9.53 Å². The van der Waals surface area contributed by atoms with Gasteiger partial charge in [0.2, 0.25) is 5.91 Å². The number of aromatic nitrogens is 2. The van der Waals surface area contributed by atoms with Crippen LogP contribution in [0.1, 0.15) is 30.1 Å². The normalized spacial score (nSPS) is 11.3. The maximum atomic E-state index is 13.4. The number of benzene rings is 1. The number of hydrogen-bond donors (Lipinski definition) is 1. The van der Waals surface area contributed by atoms with Crippen molar-refractivity contribution in [1.82, 2.24) is 14.5 Å². The predicted molar refractivity (Wildman–Crippen MR) is 127 cm³/mol. The van der Waals surface area contributed by atoms with Gasteiger partial charge in [-0.1, -0.05) is 25.4 Å². The van der Waals surface area contributed by atoms with Crippen molar-refractivity contribution in [3.63, 3.8) is 0 Å². The zero-order valence-electron chi connectivity index (χ0n) is 18.4. The van der Waals surface area contributed by atoms with E-state index in [9.17, 15) is 9.59 Å². The molecule has 0 aliphatic carbocycles. The Morgan fingerprint density at radius 3 is 2.61 bits per heavy atom. The Labute approximate surface area is 190 Å². The van der Waals surface area contributed by atoms with E-state index in [1.807, 2.05) is 13.8 Å². The minimum Gasteiger partial charge on any atom is -0.495 e. The lowest BCUT2D eigenvalue weighted by Crippen LogP contribution is -2.34. The molecular formula is C22H27ClN4O3S. The highest BCUT2D eigenvalue weighted by molar-refractivity contribution is 7.18. The molecule has 2 heterocycles. The van der Waals surface area contributed by atoms with Gasteiger partial charge in [-0.05, 0) is 50.7 Å². The molecule has 0 radical (unpaired) electrons. The number of anilines is 1. The summed E-state index contributed by atoms with van der Waals surface area (Å²) in [6.45, 7) is 10.0. The van der Waals surface area contributed by atoms with Crippen molar-refractivity contribution in [2.75, 3.05) is 25.5 Å². The van der Waals surface area contributed by atoms with Crippen LogP contribution in [0.25, 0.3) is 10.2 Å². The fraction of sp³-hybridized carbons (Fsp3) is 0.409. The van der Waals surface area contributed by atoms with Crippen LogP contribution in [-0.4, -0.2) is 40.6 Å².